The zero-order chi connectivity index (χ0) is 13.8. The molecule has 0 spiro atoms. The van der Waals surface area contributed by atoms with Crippen LogP contribution < -0.4 is 10.0 Å². The minimum absolute atomic E-state index is 0. The Hall–Kier alpha value is -0.620. The number of fused-ring (bicyclic) bond motifs is 1. The van der Waals surface area contributed by atoms with Crippen molar-refractivity contribution < 1.29 is 8.42 Å². The van der Waals surface area contributed by atoms with Crippen LogP contribution in [-0.4, -0.2) is 27.5 Å². The van der Waals surface area contributed by atoms with E-state index >= 15 is 0 Å². The Morgan fingerprint density at radius 1 is 1.10 bits per heavy atom. The average molecular weight is 317 g/mol. The normalized spacial score (nSPS) is 27.9. The van der Waals surface area contributed by atoms with E-state index in [1.807, 2.05) is 32.9 Å². The lowest BCUT2D eigenvalue weighted by atomic mass is 10.1. The van der Waals surface area contributed by atoms with Crippen molar-refractivity contribution in [3.05, 3.63) is 28.8 Å². The number of halogens is 1. The van der Waals surface area contributed by atoms with Gasteiger partial charge in [0.2, 0.25) is 10.0 Å². The molecule has 1 heterocycles. The van der Waals surface area contributed by atoms with Crippen molar-refractivity contribution in [2.75, 3.05) is 13.1 Å². The molecule has 0 amide bonds. The smallest absolute Gasteiger partial charge is 0.241 e. The van der Waals surface area contributed by atoms with Crippen LogP contribution in [-0.2, 0) is 10.0 Å². The van der Waals surface area contributed by atoms with Gasteiger partial charge in [0.25, 0.3) is 0 Å². The standard InChI is InChI=1S/C14H20N2O2S.ClH/c1-8-4-9(2)14(10(3)5-8)19(17,18)16-13-11-6-15-7-12(11)13;/h4-5,11-13,15-16H,6-7H2,1-3H3;1H. The van der Waals surface area contributed by atoms with Crippen molar-refractivity contribution in [1.29, 1.82) is 0 Å². The molecule has 0 bridgehead atoms. The van der Waals surface area contributed by atoms with Crippen LogP contribution in [0.25, 0.3) is 0 Å². The van der Waals surface area contributed by atoms with Gasteiger partial charge in [0, 0.05) is 6.04 Å². The van der Waals surface area contributed by atoms with Crippen LogP contribution in [0.4, 0.5) is 0 Å². The summed E-state index contributed by atoms with van der Waals surface area (Å²) < 4.78 is 28.0. The molecule has 2 fully saturated rings. The number of nitrogens with one attached hydrogen (secondary N) is 2. The molecule has 2 aliphatic rings. The zero-order valence-corrected chi connectivity index (χ0v) is 13.6. The average Bonchev–Trinajstić information content (AvgIpc) is 2.71. The molecule has 4 nitrogen and oxygen atoms in total. The van der Waals surface area contributed by atoms with Crippen LogP contribution in [0.2, 0.25) is 0 Å². The van der Waals surface area contributed by atoms with Crippen LogP contribution in [0.15, 0.2) is 17.0 Å². The zero-order valence-electron chi connectivity index (χ0n) is 11.9. The predicted octanol–water partition coefficient (Wildman–Crippen LogP) is 1.53. The Labute approximate surface area is 126 Å². The summed E-state index contributed by atoms with van der Waals surface area (Å²) in [5, 5.41) is 3.27. The molecule has 0 aromatic heterocycles. The fourth-order valence-corrected chi connectivity index (χ4v) is 5.21. The summed E-state index contributed by atoms with van der Waals surface area (Å²) in [6.07, 6.45) is 0. The van der Waals surface area contributed by atoms with E-state index in [9.17, 15) is 8.42 Å². The van der Waals surface area contributed by atoms with E-state index in [0.717, 1.165) is 29.8 Å². The lowest BCUT2D eigenvalue weighted by Crippen LogP contribution is -2.33. The molecule has 1 aromatic carbocycles. The molecule has 1 aromatic rings. The molecule has 2 N–H and O–H groups in total. The highest BCUT2D eigenvalue weighted by molar-refractivity contribution is 7.89. The molecular weight excluding hydrogens is 296 g/mol. The molecule has 1 saturated carbocycles. The van der Waals surface area contributed by atoms with Gasteiger partial charge in [-0.25, -0.2) is 13.1 Å². The molecule has 6 heteroatoms. The second kappa shape index (κ2) is 5.30. The first-order chi connectivity index (χ1) is 8.90. The van der Waals surface area contributed by atoms with Crippen LogP contribution in [0.5, 0.6) is 0 Å². The van der Waals surface area contributed by atoms with Gasteiger partial charge in [0.15, 0.2) is 0 Å². The van der Waals surface area contributed by atoms with E-state index in [2.05, 4.69) is 10.0 Å². The SMILES string of the molecule is Cc1cc(C)c(S(=O)(=O)NC2C3CNCC32)c(C)c1.Cl. The van der Waals surface area contributed by atoms with Crippen molar-refractivity contribution >= 4 is 22.4 Å². The first-order valence-electron chi connectivity index (χ1n) is 6.71. The summed E-state index contributed by atoms with van der Waals surface area (Å²) in [4.78, 5) is 0.455. The molecule has 3 rings (SSSR count). The highest BCUT2D eigenvalue weighted by Crippen LogP contribution is 2.42. The van der Waals surface area contributed by atoms with Gasteiger partial charge in [-0.15, -0.1) is 12.4 Å². The fourth-order valence-electron chi connectivity index (χ4n) is 3.42. The number of hydrogen-bond donors (Lipinski definition) is 2. The predicted molar refractivity (Wildman–Crippen MR) is 81.9 cm³/mol. The van der Waals surface area contributed by atoms with Crippen molar-refractivity contribution in [1.82, 2.24) is 10.0 Å². The molecular formula is C14H21ClN2O2S. The Bertz CT molecular complexity index is 597. The van der Waals surface area contributed by atoms with E-state index in [1.165, 1.54) is 0 Å². The third kappa shape index (κ3) is 2.60. The summed E-state index contributed by atoms with van der Waals surface area (Å²) in [7, 11) is -3.39. The summed E-state index contributed by atoms with van der Waals surface area (Å²) in [5.74, 6) is 0.974. The van der Waals surface area contributed by atoms with E-state index in [1.54, 1.807) is 0 Å². The maximum Gasteiger partial charge on any atom is 0.241 e. The van der Waals surface area contributed by atoms with Gasteiger partial charge in [-0.05, 0) is 56.8 Å². The number of aryl methyl sites for hydroxylation is 3. The van der Waals surface area contributed by atoms with Crippen molar-refractivity contribution in [3.63, 3.8) is 0 Å². The van der Waals surface area contributed by atoms with E-state index in [4.69, 9.17) is 0 Å². The molecule has 1 aliphatic heterocycles. The van der Waals surface area contributed by atoms with Gasteiger partial charge in [-0.3, -0.25) is 0 Å². The summed E-state index contributed by atoms with van der Waals surface area (Å²) in [6.45, 7) is 7.59. The number of piperidine rings is 1. The van der Waals surface area contributed by atoms with Gasteiger partial charge in [0.05, 0.1) is 4.90 Å². The van der Waals surface area contributed by atoms with E-state index < -0.39 is 10.0 Å². The molecule has 112 valence electrons. The molecule has 2 unspecified atom stereocenters. The minimum atomic E-state index is -3.39. The lowest BCUT2D eigenvalue weighted by Gasteiger charge is -2.14. The Morgan fingerprint density at radius 2 is 1.60 bits per heavy atom. The maximum absolute atomic E-state index is 12.5. The molecule has 2 atom stereocenters. The van der Waals surface area contributed by atoms with Gasteiger partial charge >= 0.3 is 0 Å². The van der Waals surface area contributed by atoms with E-state index in [0.29, 0.717) is 16.7 Å². The second-order valence-corrected chi connectivity index (χ2v) is 7.51. The highest BCUT2D eigenvalue weighted by atomic mass is 35.5. The van der Waals surface area contributed by atoms with Crippen molar-refractivity contribution in [3.8, 4) is 0 Å². The highest BCUT2D eigenvalue weighted by Gasteiger charge is 2.54. The quantitative estimate of drug-likeness (QED) is 0.889. The van der Waals surface area contributed by atoms with Crippen LogP contribution >= 0.6 is 12.4 Å². The maximum atomic E-state index is 12.5. The van der Waals surface area contributed by atoms with E-state index in [-0.39, 0.29) is 18.4 Å². The van der Waals surface area contributed by atoms with Gasteiger partial charge < -0.3 is 5.32 Å². The van der Waals surface area contributed by atoms with Gasteiger partial charge in [-0.2, -0.15) is 0 Å². The summed E-state index contributed by atoms with van der Waals surface area (Å²) in [5.41, 5.74) is 2.75. The van der Waals surface area contributed by atoms with Crippen molar-refractivity contribution in [2.45, 2.75) is 31.7 Å². The summed E-state index contributed by atoms with van der Waals surface area (Å²) in [6, 6.07) is 3.99. The van der Waals surface area contributed by atoms with Gasteiger partial charge in [0.1, 0.15) is 0 Å². The third-order valence-corrected chi connectivity index (χ3v) is 6.02. The first kappa shape index (κ1) is 15.8. The second-order valence-electron chi connectivity index (χ2n) is 5.86. The number of sulfonamides is 1. The molecule has 1 saturated heterocycles. The molecule has 0 radical (unpaired) electrons. The third-order valence-electron chi connectivity index (χ3n) is 4.26. The number of benzene rings is 1. The topological polar surface area (TPSA) is 58.2 Å². The number of rotatable bonds is 3. The van der Waals surface area contributed by atoms with Crippen molar-refractivity contribution in [2.24, 2.45) is 11.8 Å². The minimum Gasteiger partial charge on any atom is -0.316 e. The van der Waals surface area contributed by atoms with Crippen LogP contribution in [0.1, 0.15) is 16.7 Å². The number of hydrogen-bond acceptors (Lipinski definition) is 3. The Morgan fingerprint density at radius 3 is 2.10 bits per heavy atom. The summed E-state index contributed by atoms with van der Waals surface area (Å²) >= 11 is 0. The Kier molecular flexibility index (Phi) is 4.17. The molecule has 1 aliphatic carbocycles. The monoisotopic (exact) mass is 316 g/mol. The Balaban J connectivity index is 0.00000147. The van der Waals surface area contributed by atoms with Gasteiger partial charge in [-0.1, -0.05) is 17.7 Å². The largest absolute Gasteiger partial charge is 0.316 e. The first-order valence-corrected chi connectivity index (χ1v) is 8.19. The molecule has 20 heavy (non-hydrogen) atoms. The lowest BCUT2D eigenvalue weighted by molar-refractivity contribution is 0.564. The van der Waals surface area contributed by atoms with Crippen LogP contribution in [0, 0.1) is 32.6 Å². The fraction of sp³-hybridized carbons (Fsp3) is 0.571. The van der Waals surface area contributed by atoms with Crippen LogP contribution in [0.3, 0.4) is 0 Å².